The maximum atomic E-state index is 6.61. The van der Waals surface area contributed by atoms with Crippen LogP contribution in [0.4, 0.5) is 0 Å². The van der Waals surface area contributed by atoms with E-state index in [0.717, 1.165) is 21.6 Å². The molecule has 0 N–H and O–H groups in total. The van der Waals surface area contributed by atoms with Gasteiger partial charge in [-0.15, -0.1) is 0 Å². The lowest BCUT2D eigenvalue weighted by Crippen LogP contribution is -2.55. The van der Waals surface area contributed by atoms with Crippen molar-refractivity contribution < 1.29 is 18.9 Å². The molecule has 1 saturated heterocycles. The standard InChI is InChI=1S/C33H34O4S/c1-25-17-19-29(20-18-25)38-33-32(36-23-28-15-9-4-10-16-28)31(35-22-27-13-7-3-8-14-27)30(24-37-33)34-21-26-11-5-2-6-12-26/h2-20,30-33H,21-24H2,1H3/t30-,31+,32-,33+/m1/s1. The number of hydrogen-bond acceptors (Lipinski definition) is 5. The van der Waals surface area contributed by atoms with E-state index < -0.39 is 0 Å². The van der Waals surface area contributed by atoms with Gasteiger partial charge in [-0.1, -0.05) is 120 Å². The molecule has 0 aromatic heterocycles. The van der Waals surface area contributed by atoms with E-state index in [1.54, 1.807) is 11.8 Å². The quantitative estimate of drug-likeness (QED) is 0.207. The molecular formula is C33H34O4S. The summed E-state index contributed by atoms with van der Waals surface area (Å²) in [6, 6.07) is 39.2. The van der Waals surface area contributed by atoms with Crippen molar-refractivity contribution in [2.45, 2.75) is 55.4 Å². The highest BCUT2D eigenvalue weighted by Gasteiger charge is 2.43. The van der Waals surface area contributed by atoms with Crippen molar-refractivity contribution >= 4 is 11.8 Å². The molecular weight excluding hydrogens is 492 g/mol. The highest BCUT2D eigenvalue weighted by molar-refractivity contribution is 7.99. The van der Waals surface area contributed by atoms with Gasteiger partial charge in [-0.25, -0.2) is 0 Å². The third kappa shape index (κ3) is 7.56. The third-order valence-corrected chi connectivity index (χ3v) is 7.71. The van der Waals surface area contributed by atoms with Crippen molar-refractivity contribution in [3.8, 4) is 0 Å². The average molecular weight is 527 g/mol. The zero-order valence-electron chi connectivity index (χ0n) is 21.6. The van der Waals surface area contributed by atoms with Crippen LogP contribution in [0.3, 0.4) is 0 Å². The summed E-state index contributed by atoms with van der Waals surface area (Å²) in [5, 5.41) is 0. The van der Waals surface area contributed by atoms with Gasteiger partial charge in [0, 0.05) is 4.90 Å². The molecule has 196 valence electrons. The number of hydrogen-bond donors (Lipinski definition) is 0. The normalized spacial score (nSPS) is 21.3. The van der Waals surface area contributed by atoms with Gasteiger partial charge in [0.25, 0.3) is 0 Å². The second-order valence-corrected chi connectivity index (χ2v) is 10.7. The first-order valence-corrected chi connectivity index (χ1v) is 13.9. The molecule has 5 rings (SSSR count). The molecule has 0 saturated carbocycles. The molecule has 0 amide bonds. The molecule has 1 heterocycles. The Morgan fingerprint density at radius 3 is 1.61 bits per heavy atom. The van der Waals surface area contributed by atoms with Gasteiger partial charge >= 0.3 is 0 Å². The minimum Gasteiger partial charge on any atom is -0.368 e. The Labute approximate surface area is 229 Å². The first kappa shape index (κ1) is 26.7. The van der Waals surface area contributed by atoms with E-state index in [9.17, 15) is 0 Å². The molecule has 4 nitrogen and oxygen atoms in total. The number of aryl methyl sites for hydroxylation is 1. The van der Waals surface area contributed by atoms with Crippen LogP contribution < -0.4 is 0 Å². The van der Waals surface area contributed by atoms with Gasteiger partial charge in [-0.05, 0) is 35.7 Å². The number of thioether (sulfide) groups is 1. The van der Waals surface area contributed by atoms with E-state index in [1.165, 1.54) is 5.56 Å². The number of ether oxygens (including phenoxy) is 4. The Morgan fingerprint density at radius 1 is 0.605 bits per heavy atom. The Bertz CT molecular complexity index is 1220. The fraction of sp³-hybridized carbons (Fsp3) is 0.273. The summed E-state index contributed by atoms with van der Waals surface area (Å²) in [6.45, 7) is 3.96. The van der Waals surface area contributed by atoms with E-state index in [0.29, 0.717) is 26.4 Å². The predicted octanol–water partition coefficient (Wildman–Crippen LogP) is 7.20. The van der Waals surface area contributed by atoms with Crippen molar-refractivity contribution in [1.82, 2.24) is 0 Å². The summed E-state index contributed by atoms with van der Waals surface area (Å²) in [7, 11) is 0. The Hall–Kier alpha value is -2.93. The molecule has 4 aromatic carbocycles. The van der Waals surface area contributed by atoms with Crippen molar-refractivity contribution in [3.05, 3.63) is 138 Å². The topological polar surface area (TPSA) is 36.9 Å². The van der Waals surface area contributed by atoms with Gasteiger partial charge in [0.1, 0.15) is 23.7 Å². The van der Waals surface area contributed by atoms with Gasteiger partial charge in [0.05, 0.1) is 26.4 Å². The second-order valence-electron chi connectivity index (χ2n) is 9.49. The fourth-order valence-corrected chi connectivity index (χ4v) is 5.50. The summed E-state index contributed by atoms with van der Waals surface area (Å²) < 4.78 is 26.1. The zero-order valence-corrected chi connectivity index (χ0v) is 22.5. The highest BCUT2D eigenvalue weighted by atomic mass is 32.2. The van der Waals surface area contributed by atoms with Crippen LogP contribution in [0.2, 0.25) is 0 Å². The molecule has 0 aliphatic carbocycles. The minimum absolute atomic E-state index is 0.237. The van der Waals surface area contributed by atoms with Gasteiger partial charge < -0.3 is 18.9 Å². The molecule has 1 aliphatic heterocycles. The minimum atomic E-state index is -0.334. The van der Waals surface area contributed by atoms with Crippen molar-refractivity contribution in [2.24, 2.45) is 0 Å². The van der Waals surface area contributed by atoms with Crippen molar-refractivity contribution in [3.63, 3.8) is 0 Å². The number of rotatable bonds is 11. The van der Waals surface area contributed by atoms with E-state index in [4.69, 9.17) is 18.9 Å². The average Bonchev–Trinajstić information content (AvgIpc) is 2.97. The Morgan fingerprint density at radius 2 is 1.08 bits per heavy atom. The van der Waals surface area contributed by atoms with Crippen LogP contribution >= 0.6 is 11.8 Å². The van der Waals surface area contributed by atoms with E-state index in [-0.39, 0.29) is 23.7 Å². The largest absolute Gasteiger partial charge is 0.368 e. The number of benzene rings is 4. The molecule has 0 spiro atoms. The molecule has 0 bridgehead atoms. The first-order valence-electron chi connectivity index (χ1n) is 13.1. The predicted molar refractivity (Wildman–Crippen MR) is 152 cm³/mol. The Kier molecular flexibility index (Phi) is 9.64. The SMILES string of the molecule is Cc1ccc(S[C@@H]2OC[C@@H](OCc3ccccc3)[C@H](OCc3ccccc3)[C@H]2OCc2ccccc2)cc1. The van der Waals surface area contributed by atoms with E-state index in [2.05, 4.69) is 67.6 Å². The van der Waals surface area contributed by atoms with Crippen LogP contribution in [0.25, 0.3) is 0 Å². The summed E-state index contributed by atoms with van der Waals surface area (Å²) >= 11 is 1.68. The molecule has 4 atom stereocenters. The van der Waals surface area contributed by atoms with Crippen molar-refractivity contribution in [1.29, 1.82) is 0 Å². The van der Waals surface area contributed by atoms with Gasteiger partial charge in [-0.2, -0.15) is 0 Å². The lowest BCUT2D eigenvalue weighted by atomic mass is 10.0. The third-order valence-electron chi connectivity index (χ3n) is 6.53. The lowest BCUT2D eigenvalue weighted by Gasteiger charge is -2.42. The second kappa shape index (κ2) is 13.7. The molecule has 4 aromatic rings. The first-order chi connectivity index (χ1) is 18.7. The Balaban J connectivity index is 1.38. The molecule has 0 unspecified atom stereocenters. The summed E-state index contributed by atoms with van der Waals surface area (Å²) in [6.07, 6.45) is -0.909. The zero-order chi connectivity index (χ0) is 26.0. The smallest absolute Gasteiger partial charge is 0.136 e. The maximum absolute atomic E-state index is 6.61. The molecule has 1 aliphatic rings. The van der Waals surface area contributed by atoms with E-state index in [1.807, 2.05) is 54.6 Å². The summed E-state index contributed by atoms with van der Waals surface area (Å²) in [4.78, 5) is 1.14. The summed E-state index contributed by atoms with van der Waals surface area (Å²) in [5.41, 5.74) is 4.34. The van der Waals surface area contributed by atoms with Gasteiger partial charge in [-0.3, -0.25) is 0 Å². The molecule has 1 fully saturated rings. The van der Waals surface area contributed by atoms with Crippen LogP contribution in [0.5, 0.6) is 0 Å². The van der Waals surface area contributed by atoms with Gasteiger partial charge in [0.15, 0.2) is 0 Å². The fourth-order valence-electron chi connectivity index (χ4n) is 4.43. The molecule has 38 heavy (non-hydrogen) atoms. The molecule has 5 heteroatoms. The van der Waals surface area contributed by atoms with Crippen LogP contribution in [0.1, 0.15) is 22.3 Å². The van der Waals surface area contributed by atoms with Crippen LogP contribution in [-0.2, 0) is 38.8 Å². The summed E-state index contributed by atoms with van der Waals surface area (Å²) in [5.74, 6) is 0. The molecule has 0 radical (unpaired) electrons. The van der Waals surface area contributed by atoms with Crippen molar-refractivity contribution in [2.75, 3.05) is 6.61 Å². The van der Waals surface area contributed by atoms with Crippen LogP contribution in [0, 0.1) is 6.92 Å². The lowest BCUT2D eigenvalue weighted by molar-refractivity contribution is -0.220. The van der Waals surface area contributed by atoms with Gasteiger partial charge in [0.2, 0.25) is 0 Å². The van der Waals surface area contributed by atoms with E-state index >= 15 is 0 Å². The maximum Gasteiger partial charge on any atom is 0.136 e. The monoisotopic (exact) mass is 526 g/mol. The van der Waals surface area contributed by atoms with Crippen LogP contribution in [-0.4, -0.2) is 30.4 Å². The van der Waals surface area contributed by atoms with Crippen LogP contribution in [0.15, 0.2) is 120 Å². The highest BCUT2D eigenvalue weighted by Crippen LogP contribution is 2.35.